The second-order valence-electron chi connectivity index (χ2n) is 6.44. The van der Waals surface area contributed by atoms with Crippen LogP contribution < -0.4 is 10.1 Å². The van der Waals surface area contributed by atoms with Gasteiger partial charge in [0.25, 0.3) is 0 Å². The van der Waals surface area contributed by atoms with E-state index in [2.05, 4.69) is 39.9 Å². The summed E-state index contributed by atoms with van der Waals surface area (Å²) in [5.74, 6) is 0.737. The summed E-state index contributed by atoms with van der Waals surface area (Å²) in [5, 5.41) is 3.43. The molecule has 0 fully saturated rings. The Labute approximate surface area is 116 Å². The van der Waals surface area contributed by atoms with Gasteiger partial charge in [0.2, 0.25) is 0 Å². The Kier molecular flexibility index (Phi) is 5.36. The third-order valence-electron chi connectivity index (χ3n) is 3.01. The molecule has 0 aliphatic carbocycles. The van der Waals surface area contributed by atoms with E-state index < -0.39 is 0 Å². The van der Waals surface area contributed by atoms with Crippen molar-refractivity contribution in [1.29, 1.82) is 0 Å². The Hall–Kier alpha value is -1.09. The molecule has 108 valence electrons. The van der Waals surface area contributed by atoms with E-state index in [9.17, 15) is 4.39 Å². The summed E-state index contributed by atoms with van der Waals surface area (Å²) in [6.07, 6.45) is 0.0290. The highest BCUT2D eigenvalue weighted by Crippen LogP contribution is 2.19. The zero-order valence-corrected chi connectivity index (χ0v) is 12.9. The van der Waals surface area contributed by atoms with Gasteiger partial charge in [0.15, 0.2) is 0 Å². The first-order chi connectivity index (χ1) is 8.69. The summed E-state index contributed by atoms with van der Waals surface area (Å²) in [6, 6.07) is 5.03. The molecule has 19 heavy (non-hydrogen) atoms. The number of aryl methyl sites for hydroxylation is 1. The molecule has 1 atom stereocenters. The van der Waals surface area contributed by atoms with Crippen LogP contribution in [0.25, 0.3) is 0 Å². The van der Waals surface area contributed by atoms with E-state index in [-0.39, 0.29) is 17.5 Å². The van der Waals surface area contributed by atoms with Gasteiger partial charge in [-0.05, 0) is 45.2 Å². The van der Waals surface area contributed by atoms with Crippen molar-refractivity contribution in [1.82, 2.24) is 5.32 Å². The highest BCUT2D eigenvalue weighted by Gasteiger charge is 2.19. The Balaban J connectivity index is 2.70. The second kappa shape index (κ2) is 6.38. The highest BCUT2D eigenvalue weighted by atomic mass is 19.1. The van der Waals surface area contributed by atoms with Gasteiger partial charge in [-0.1, -0.05) is 19.9 Å². The first kappa shape index (κ1) is 16.0. The molecule has 0 heterocycles. The van der Waals surface area contributed by atoms with Crippen LogP contribution in [-0.2, 0) is 0 Å². The molecule has 0 amide bonds. The molecule has 0 aliphatic rings. The quantitative estimate of drug-likeness (QED) is 0.873. The molecule has 1 N–H and O–H groups in total. The lowest BCUT2D eigenvalue weighted by atomic mass is 10.0. The van der Waals surface area contributed by atoms with Gasteiger partial charge in [0.05, 0.1) is 0 Å². The molecule has 0 spiro atoms. The number of rotatable bonds is 5. The van der Waals surface area contributed by atoms with Crippen molar-refractivity contribution in [3.8, 4) is 5.75 Å². The van der Waals surface area contributed by atoms with Crippen LogP contribution in [0.4, 0.5) is 4.39 Å². The summed E-state index contributed by atoms with van der Waals surface area (Å²) < 4.78 is 19.4. The fourth-order valence-corrected chi connectivity index (χ4v) is 1.64. The van der Waals surface area contributed by atoms with E-state index in [1.165, 1.54) is 6.07 Å². The van der Waals surface area contributed by atoms with Crippen LogP contribution in [0.1, 0.15) is 40.2 Å². The van der Waals surface area contributed by atoms with E-state index in [1.807, 2.05) is 6.07 Å². The average Bonchev–Trinajstić information content (AvgIpc) is 2.27. The lowest BCUT2D eigenvalue weighted by Crippen LogP contribution is -2.44. The Morgan fingerprint density at radius 3 is 2.37 bits per heavy atom. The van der Waals surface area contributed by atoms with Crippen LogP contribution in [0.3, 0.4) is 0 Å². The SMILES string of the molecule is Cc1ccc(OC(CNC(C)(C)C)C(C)C)cc1F. The molecular weight excluding hydrogens is 241 g/mol. The lowest BCUT2D eigenvalue weighted by molar-refractivity contribution is 0.139. The molecule has 1 rings (SSSR count). The molecule has 0 aromatic heterocycles. The number of benzene rings is 1. The second-order valence-corrected chi connectivity index (χ2v) is 6.44. The smallest absolute Gasteiger partial charge is 0.129 e. The van der Waals surface area contributed by atoms with Crippen molar-refractivity contribution in [2.75, 3.05) is 6.54 Å². The van der Waals surface area contributed by atoms with Gasteiger partial charge in [0.1, 0.15) is 17.7 Å². The number of nitrogens with one attached hydrogen (secondary N) is 1. The molecule has 0 radical (unpaired) electrons. The molecular formula is C16H26FNO. The van der Waals surface area contributed by atoms with Gasteiger partial charge in [-0.15, -0.1) is 0 Å². The molecule has 3 heteroatoms. The highest BCUT2D eigenvalue weighted by molar-refractivity contribution is 5.28. The third kappa shape index (κ3) is 5.60. The Bertz CT molecular complexity index is 410. The van der Waals surface area contributed by atoms with Gasteiger partial charge in [-0.3, -0.25) is 0 Å². The van der Waals surface area contributed by atoms with Crippen LogP contribution in [0, 0.1) is 18.7 Å². The van der Waals surface area contributed by atoms with Crippen molar-refractivity contribution in [2.24, 2.45) is 5.92 Å². The molecule has 1 aromatic carbocycles. The molecule has 1 unspecified atom stereocenters. The fraction of sp³-hybridized carbons (Fsp3) is 0.625. The number of hydrogen-bond donors (Lipinski definition) is 1. The monoisotopic (exact) mass is 267 g/mol. The average molecular weight is 267 g/mol. The molecule has 0 aliphatic heterocycles. The predicted octanol–water partition coefficient (Wildman–Crippen LogP) is 3.93. The van der Waals surface area contributed by atoms with Crippen LogP contribution in [-0.4, -0.2) is 18.2 Å². The van der Waals surface area contributed by atoms with Crippen LogP contribution in [0.15, 0.2) is 18.2 Å². The van der Waals surface area contributed by atoms with Crippen molar-refractivity contribution in [3.05, 3.63) is 29.6 Å². The number of halogens is 1. The largest absolute Gasteiger partial charge is 0.489 e. The minimum absolute atomic E-state index is 0.0290. The maximum absolute atomic E-state index is 13.5. The molecule has 0 bridgehead atoms. The van der Waals surface area contributed by atoms with E-state index >= 15 is 0 Å². The first-order valence-electron chi connectivity index (χ1n) is 6.87. The maximum atomic E-state index is 13.5. The summed E-state index contributed by atoms with van der Waals surface area (Å²) >= 11 is 0. The molecule has 0 saturated carbocycles. The first-order valence-corrected chi connectivity index (χ1v) is 6.87. The Morgan fingerprint density at radius 1 is 1.26 bits per heavy atom. The van der Waals surface area contributed by atoms with Gasteiger partial charge in [-0.2, -0.15) is 0 Å². The third-order valence-corrected chi connectivity index (χ3v) is 3.01. The van der Waals surface area contributed by atoms with Crippen LogP contribution in [0.5, 0.6) is 5.75 Å². The fourth-order valence-electron chi connectivity index (χ4n) is 1.64. The summed E-state index contributed by atoms with van der Waals surface area (Å²) in [7, 11) is 0. The van der Waals surface area contributed by atoms with Gasteiger partial charge in [0, 0.05) is 18.2 Å². The normalized spacial score (nSPS) is 13.7. The van der Waals surface area contributed by atoms with Gasteiger partial charge >= 0.3 is 0 Å². The number of ether oxygens (including phenoxy) is 1. The van der Waals surface area contributed by atoms with Gasteiger partial charge in [-0.25, -0.2) is 4.39 Å². The summed E-state index contributed by atoms with van der Waals surface area (Å²) in [4.78, 5) is 0. The topological polar surface area (TPSA) is 21.3 Å². The van der Waals surface area contributed by atoms with Crippen molar-refractivity contribution in [3.63, 3.8) is 0 Å². The van der Waals surface area contributed by atoms with Crippen LogP contribution >= 0.6 is 0 Å². The maximum Gasteiger partial charge on any atom is 0.129 e. The molecule has 2 nitrogen and oxygen atoms in total. The molecule has 1 aromatic rings. The van der Waals surface area contributed by atoms with E-state index in [1.54, 1.807) is 13.0 Å². The van der Waals surface area contributed by atoms with Crippen molar-refractivity contribution < 1.29 is 9.13 Å². The van der Waals surface area contributed by atoms with Crippen molar-refractivity contribution in [2.45, 2.75) is 53.2 Å². The van der Waals surface area contributed by atoms with Crippen molar-refractivity contribution >= 4 is 0 Å². The Morgan fingerprint density at radius 2 is 1.89 bits per heavy atom. The summed E-state index contributed by atoms with van der Waals surface area (Å²) in [5.41, 5.74) is 0.691. The van der Waals surface area contributed by atoms with E-state index in [0.29, 0.717) is 17.2 Å². The molecule has 0 saturated heterocycles. The van der Waals surface area contributed by atoms with E-state index in [4.69, 9.17) is 4.74 Å². The predicted molar refractivity (Wildman–Crippen MR) is 78.1 cm³/mol. The zero-order chi connectivity index (χ0) is 14.6. The number of hydrogen-bond acceptors (Lipinski definition) is 2. The van der Waals surface area contributed by atoms with Gasteiger partial charge < -0.3 is 10.1 Å². The standard InChI is InChI=1S/C16H26FNO/c1-11(2)15(10-18-16(4,5)6)19-13-8-7-12(3)14(17)9-13/h7-9,11,15,18H,10H2,1-6H3. The lowest BCUT2D eigenvalue weighted by Gasteiger charge is -2.28. The zero-order valence-electron chi connectivity index (χ0n) is 12.9. The minimum Gasteiger partial charge on any atom is -0.489 e. The minimum atomic E-state index is -0.219. The summed E-state index contributed by atoms with van der Waals surface area (Å²) in [6.45, 7) is 13.1. The van der Waals surface area contributed by atoms with E-state index in [0.717, 1.165) is 6.54 Å². The van der Waals surface area contributed by atoms with Crippen LogP contribution in [0.2, 0.25) is 0 Å².